The summed E-state index contributed by atoms with van der Waals surface area (Å²) in [5.41, 5.74) is 0.878. The minimum atomic E-state index is 0.484. The molecular formula is C14H17N3O2S. The molecule has 0 radical (unpaired) electrons. The number of aromatic nitrogens is 2. The van der Waals surface area contributed by atoms with E-state index in [1.165, 1.54) is 0 Å². The molecule has 0 fully saturated rings. The molecule has 20 heavy (non-hydrogen) atoms. The molecule has 0 atom stereocenters. The van der Waals surface area contributed by atoms with Gasteiger partial charge in [-0.05, 0) is 50.3 Å². The molecule has 1 aromatic carbocycles. The molecule has 0 amide bonds. The van der Waals surface area contributed by atoms with Crippen molar-refractivity contribution in [2.24, 2.45) is 0 Å². The summed E-state index contributed by atoms with van der Waals surface area (Å²) < 4.78 is 10.6. The van der Waals surface area contributed by atoms with Gasteiger partial charge in [-0.3, -0.25) is 0 Å². The third kappa shape index (κ3) is 3.33. The highest BCUT2D eigenvalue weighted by atomic mass is 32.1. The topological polar surface area (TPSA) is 51.4 Å². The van der Waals surface area contributed by atoms with Crippen molar-refractivity contribution in [3.8, 4) is 17.1 Å². The molecule has 2 rings (SSSR count). The Hall–Kier alpha value is -1.95. The fourth-order valence-electron chi connectivity index (χ4n) is 1.74. The van der Waals surface area contributed by atoms with Crippen LogP contribution in [0.25, 0.3) is 11.4 Å². The molecule has 0 aliphatic rings. The van der Waals surface area contributed by atoms with Gasteiger partial charge in [-0.15, -0.1) is 0 Å². The Morgan fingerprint density at radius 3 is 2.40 bits per heavy atom. The lowest BCUT2D eigenvalue weighted by molar-refractivity contribution is 0.378. The van der Waals surface area contributed by atoms with Gasteiger partial charge >= 0.3 is 0 Å². The van der Waals surface area contributed by atoms with Gasteiger partial charge < -0.3 is 14.2 Å². The first-order chi connectivity index (χ1) is 9.63. The number of nitrogens with zero attached hydrogens (tertiary/aromatic N) is 3. The predicted octanol–water partition coefficient (Wildman–Crippen LogP) is 3.05. The highest BCUT2D eigenvalue weighted by Gasteiger charge is 2.09. The van der Waals surface area contributed by atoms with E-state index in [0.717, 1.165) is 18.7 Å². The molecule has 0 unspecified atom stereocenters. The van der Waals surface area contributed by atoms with Crippen LogP contribution in [0.15, 0.2) is 28.8 Å². The van der Waals surface area contributed by atoms with Gasteiger partial charge in [0.05, 0.1) is 0 Å². The van der Waals surface area contributed by atoms with Crippen LogP contribution in [0.3, 0.4) is 0 Å². The fourth-order valence-corrected chi connectivity index (χ4v) is 2.09. The molecule has 1 aromatic heterocycles. The lowest BCUT2D eigenvalue weighted by atomic mass is 10.2. The van der Waals surface area contributed by atoms with E-state index in [2.05, 4.69) is 10.1 Å². The average molecular weight is 291 g/mol. The van der Waals surface area contributed by atoms with E-state index >= 15 is 0 Å². The van der Waals surface area contributed by atoms with E-state index in [1.807, 2.05) is 43.0 Å². The smallest absolute Gasteiger partial charge is 0.264 e. The lowest BCUT2D eigenvalue weighted by Crippen LogP contribution is -2.32. The molecule has 2 aromatic rings. The van der Waals surface area contributed by atoms with Gasteiger partial charge in [0.15, 0.2) is 0 Å². The van der Waals surface area contributed by atoms with Crippen LogP contribution in [0.2, 0.25) is 0 Å². The van der Waals surface area contributed by atoms with Crippen LogP contribution in [0.5, 0.6) is 5.75 Å². The van der Waals surface area contributed by atoms with Crippen molar-refractivity contribution in [3.05, 3.63) is 30.2 Å². The zero-order chi connectivity index (χ0) is 14.5. The number of thiocarbonyl (C=S) groups is 1. The van der Waals surface area contributed by atoms with Crippen molar-refractivity contribution in [2.45, 2.75) is 20.8 Å². The third-order valence-electron chi connectivity index (χ3n) is 2.87. The summed E-state index contributed by atoms with van der Waals surface area (Å²) in [4.78, 5) is 6.15. The Balaban J connectivity index is 2.07. The summed E-state index contributed by atoms with van der Waals surface area (Å²) in [6.45, 7) is 7.50. The van der Waals surface area contributed by atoms with Gasteiger partial charge in [-0.25, -0.2) is 0 Å². The van der Waals surface area contributed by atoms with Crippen LogP contribution >= 0.6 is 12.2 Å². The van der Waals surface area contributed by atoms with Gasteiger partial charge in [0.1, 0.15) is 5.75 Å². The van der Waals surface area contributed by atoms with Crippen molar-refractivity contribution in [1.29, 1.82) is 0 Å². The first-order valence-electron chi connectivity index (χ1n) is 6.51. The molecule has 0 aliphatic heterocycles. The summed E-state index contributed by atoms with van der Waals surface area (Å²) >= 11 is 5.25. The van der Waals surface area contributed by atoms with Gasteiger partial charge in [-0.1, -0.05) is 5.16 Å². The molecule has 106 valence electrons. The van der Waals surface area contributed by atoms with Crippen molar-refractivity contribution < 1.29 is 9.26 Å². The first kappa shape index (κ1) is 14.5. The van der Waals surface area contributed by atoms with Crippen molar-refractivity contribution in [1.82, 2.24) is 15.0 Å². The number of ether oxygens (including phenoxy) is 1. The maximum atomic E-state index is 5.65. The van der Waals surface area contributed by atoms with E-state index in [-0.39, 0.29) is 0 Å². The normalized spacial score (nSPS) is 10.3. The summed E-state index contributed by atoms with van der Waals surface area (Å²) in [5, 5.41) is 4.35. The molecule has 0 spiro atoms. The van der Waals surface area contributed by atoms with Crippen LogP contribution in [0, 0.1) is 6.92 Å². The van der Waals surface area contributed by atoms with Crippen LogP contribution in [-0.4, -0.2) is 33.3 Å². The molecule has 0 saturated carbocycles. The SMILES string of the molecule is CCN(CC)C(=S)Oc1ccc(-c2noc(C)n2)cc1. The second-order valence-corrected chi connectivity index (χ2v) is 4.55. The second-order valence-electron chi connectivity index (χ2n) is 4.20. The second kappa shape index (κ2) is 6.47. The first-order valence-corrected chi connectivity index (χ1v) is 6.92. The average Bonchev–Trinajstić information content (AvgIpc) is 2.87. The molecule has 0 N–H and O–H groups in total. The maximum Gasteiger partial charge on any atom is 0.264 e. The van der Waals surface area contributed by atoms with Crippen LogP contribution in [-0.2, 0) is 0 Å². The number of aryl methyl sites for hydroxylation is 1. The highest BCUT2D eigenvalue weighted by Crippen LogP contribution is 2.20. The third-order valence-corrected chi connectivity index (χ3v) is 3.21. The van der Waals surface area contributed by atoms with E-state index in [0.29, 0.717) is 22.6 Å². The summed E-state index contributed by atoms with van der Waals surface area (Å²) in [5.74, 6) is 1.81. The molecule has 0 aliphatic carbocycles. The Morgan fingerprint density at radius 2 is 1.90 bits per heavy atom. The number of rotatable bonds is 4. The highest BCUT2D eigenvalue weighted by molar-refractivity contribution is 7.80. The minimum absolute atomic E-state index is 0.484. The van der Waals surface area contributed by atoms with Gasteiger partial charge in [-0.2, -0.15) is 4.98 Å². The lowest BCUT2D eigenvalue weighted by Gasteiger charge is -2.21. The van der Waals surface area contributed by atoms with E-state index < -0.39 is 0 Å². The maximum absolute atomic E-state index is 5.65. The van der Waals surface area contributed by atoms with Crippen molar-refractivity contribution in [2.75, 3.05) is 13.1 Å². The molecular weight excluding hydrogens is 274 g/mol. The van der Waals surface area contributed by atoms with E-state index in [1.54, 1.807) is 6.92 Å². The monoisotopic (exact) mass is 291 g/mol. The zero-order valence-corrected chi connectivity index (χ0v) is 12.6. The minimum Gasteiger partial charge on any atom is -0.432 e. The standard InChI is InChI=1S/C14H17N3O2S/c1-4-17(5-2)14(20)18-12-8-6-11(7-9-12)13-15-10(3)19-16-13/h6-9H,4-5H2,1-3H3. The van der Waals surface area contributed by atoms with Crippen molar-refractivity contribution >= 4 is 17.4 Å². The summed E-state index contributed by atoms with van der Waals surface area (Å²) in [6, 6.07) is 7.45. The predicted molar refractivity (Wildman–Crippen MR) is 80.6 cm³/mol. The molecule has 0 bridgehead atoms. The van der Waals surface area contributed by atoms with E-state index in [9.17, 15) is 0 Å². The number of benzene rings is 1. The Bertz CT molecular complexity index is 576. The fraction of sp³-hybridized carbons (Fsp3) is 0.357. The summed E-state index contributed by atoms with van der Waals surface area (Å²) in [7, 11) is 0. The molecule has 0 saturated heterocycles. The number of hydrogen-bond acceptors (Lipinski definition) is 5. The van der Waals surface area contributed by atoms with E-state index in [4.69, 9.17) is 21.5 Å². The van der Waals surface area contributed by atoms with Crippen LogP contribution in [0.4, 0.5) is 0 Å². The van der Waals surface area contributed by atoms with Crippen LogP contribution < -0.4 is 4.74 Å². The van der Waals surface area contributed by atoms with Gasteiger partial charge in [0.25, 0.3) is 5.17 Å². The Labute approximate surface area is 123 Å². The largest absolute Gasteiger partial charge is 0.432 e. The molecule has 6 heteroatoms. The Kier molecular flexibility index (Phi) is 4.68. The quantitative estimate of drug-likeness (QED) is 0.807. The van der Waals surface area contributed by atoms with Gasteiger partial charge in [0.2, 0.25) is 11.7 Å². The summed E-state index contributed by atoms with van der Waals surface area (Å²) in [6.07, 6.45) is 0. The number of hydrogen-bond donors (Lipinski definition) is 0. The molecule has 5 nitrogen and oxygen atoms in total. The Morgan fingerprint density at radius 1 is 1.25 bits per heavy atom. The van der Waals surface area contributed by atoms with Crippen LogP contribution in [0.1, 0.15) is 19.7 Å². The zero-order valence-electron chi connectivity index (χ0n) is 11.8. The molecule has 1 heterocycles. The van der Waals surface area contributed by atoms with Gasteiger partial charge in [0, 0.05) is 25.6 Å². The van der Waals surface area contributed by atoms with Crippen molar-refractivity contribution in [3.63, 3.8) is 0 Å².